The fourth-order valence-corrected chi connectivity index (χ4v) is 2.62. The Morgan fingerprint density at radius 3 is 3.05 bits per heavy atom. The van der Waals surface area contributed by atoms with E-state index in [4.69, 9.17) is 16.0 Å². The summed E-state index contributed by atoms with van der Waals surface area (Å²) in [5.41, 5.74) is 5.09. The highest BCUT2D eigenvalue weighted by molar-refractivity contribution is 6.31. The molecule has 0 bridgehead atoms. The van der Waals surface area contributed by atoms with Gasteiger partial charge in [0.05, 0.1) is 0 Å². The summed E-state index contributed by atoms with van der Waals surface area (Å²) in [5, 5.41) is 4.00. The third-order valence-electron chi connectivity index (χ3n) is 3.41. The van der Waals surface area contributed by atoms with Crippen molar-refractivity contribution < 1.29 is 4.42 Å². The van der Waals surface area contributed by atoms with Crippen molar-refractivity contribution in [2.45, 2.75) is 6.42 Å². The Balaban J connectivity index is 1.85. The summed E-state index contributed by atoms with van der Waals surface area (Å²) in [4.78, 5) is 4.50. The van der Waals surface area contributed by atoms with Gasteiger partial charge in [0.2, 0.25) is 5.89 Å². The summed E-state index contributed by atoms with van der Waals surface area (Å²) in [6.07, 6.45) is 1.05. The summed E-state index contributed by atoms with van der Waals surface area (Å²) in [6.45, 7) is 1.00. The van der Waals surface area contributed by atoms with Crippen LogP contribution < -0.4 is 5.32 Å². The Morgan fingerprint density at radius 2 is 2.11 bits per heavy atom. The summed E-state index contributed by atoms with van der Waals surface area (Å²) >= 11 is 5.95. The molecule has 1 aromatic heterocycles. The maximum absolute atomic E-state index is 5.95. The molecule has 4 rings (SSSR count). The molecule has 0 atom stereocenters. The number of hydrogen-bond acceptors (Lipinski definition) is 3. The van der Waals surface area contributed by atoms with E-state index in [2.05, 4.69) is 22.4 Å². The number of nitrogens with zero attached hydrogens (tertiary/aromatic N) is 1. The molecule has 0 fully saturated rings. The summed E-state index contributed by atoms with van der Waals surface area (Å²) in [6, 6.07) is 11.7. The van der Waals surface area contributed by atoms with Crippen LogP contribution in [0.4, 0.5) is 5.69 Å². The molecule has 94 valence electrons. The van der Waals surface area contributed by atoms with Crippen LogP contribution in [-0.2, 0) is 6.42 Å². The van der Waals surface area contributed by atoms with Gasteiger partial charge in [0, 0.05) is 28.9 Å². The van der Waals surface area contributed by atoms with E-state index in [0.29, 0.717) is 10.9 Å². The van der Waals surface area contributed by atoms with Gasteiger partial charge in [-0.3, -0.25) is 0 Å². The lowest BCUT2D eigenvalue weighted by atomic mass is 10.1. The van der Waals surface area contributed by atoms with Crippen molar-refractivity contribution in [3.8, 4) is 11.5 Å². The van der Waals surface area contributed by atoms with Gasteiger partial charge >= 0.3 is 0 Å². The molecule has 2 heterocycles. The van der Waals surface area contributed by atoms with E-state index in [0.717, 1.165) is 29.6 Å². The van der Waals surface area contributed by atoms with Crippen LogP contribution in [0.15, 0.2) is 40.8 Å². The van der Waals surface area contributed by atoms with E-state index in [1.165, 1.54) is 11.3 Å². The lowest BCUT2D eigenvalue weighted by Crippen LogP contribution is -1.90. The van der Waals surface area contributed by atoms with Gasteiger partial charge in [-0.25, -0.2) is 4.98 Å². The standard InChI is InChI=1S/C15H11ClN2O/c16-11-2-4-13-14(8-11)19-15(18-13)10-1-3-12-9(7-10)5-6-17-12/h1-4,7-8,17H,5-6H2. The van der Waals surface area contributed by atoms with Crippen molar-refractivity contribution in [3.05, 3.63) is 47.0 Å². The van der Waals surface area contributed by atoms with E-state index in [9.17, 15) is 0 Å². The smallest absolute Gasteiger partial charge is 0.227 e. The van der Waals surface area contributed by atoms with Gasteiger partial charge in [-0.1, -0.05) is 11.6 Å². The van der Waals surface area contributed by atoms with Gasteiger partial charge in [0.15, 0.2) is 5.58 Å². The Bertz CT molecular complexity index is 779. The summed E-state index contributed by atoms with van der Waals surface area (Å²) in [7, 11) is 0. The number of rotatable bonds is 1. The SMILES string of the molecule is Clc1ccc2nc(-c3ccc4c(c3)CCN4)oc2c1. The highest BCUT2D eigenvalue weighted by Crippen LogP contribution is 2.30. The largest absolute Gasteiger partial charge is 0.436 e. The van der Waals surface area contributed by atoms with Gasteiger partial charge in [-0.15, -0.1) is 0 Å². The lowest BCUT2D eigenvalue weighted by molar-refractivity contribution is 0.620. The predicted octanol–water partition coefficient (Wildman–Crippen LogP) is 4.12. The number of halogens is 1. The van der Waals surface area contributed by atoms with E-state index < -0.39 is 0 Å². The predicted molar refractivity (Wildman–Crippen MR) is 76.6 cm³/mol. The second-order valence-electron chi connectivity index (χ2n) is 4.68. The first-order valence-electron chi connectivity index (χ1n) is 6.23. The van der Waals surface area contributed by atoms with Crippen LogP contribution >= 0.6 is 11.6 Å². The Hall–Kier alpha value is -2.00. The molecule has 3 nitrogen and oxygen atoms in total. The number of aromatic nitrogens is 1. The molecule has 0 spiro atoms. The van der Waals surface area contributed by atoms with Gasteiger partial charge in [0.25, 0.3) is 0 Å². The summed E-state index contributed by atoms with van der Waals surface area (Å²) in [5.74, 6) is 0.645. The number of hydrogen-bond donors (Lipinski definition) is 1. The summed E-state index contributed by atoms with van der Waals surface area (Å²) < 4.78 is 5.78. The van der Waals surface area contributed by atoms with Crippen LogP contribution in [-0.4, -0.2) is 11.5 Å². The third-order valence-corrected chi connectivity index (χ3v) is 3.65. The Morgan fingerprint density at radius 1 is 1.16 bits per heavy atom. The molecule has 1 aliphatic rings. The number of nitrogens with one attached hydrogen (secondary N) is 1. The number of anilines is 1. The first-order valence-corrected chi connectivity index (χ1v) is 6.61. The minimum atomic E-state index is 0.645. The second-order valence-corrected chi connectivity index (χ2v) is 5.12. The van der Waals surface area contributed by atoms with Gasteiger partial charge in [-0.2, -0.15) is 0 Å². The fraction of sp³-hybridized carbons (Fsp3) is 0.133. The maximum atomic E-state index is 5.95. The Kier molecular flexibility index (Phi) is 2.29. The van der Waals surface area contributed by atoms with Gasteiger partial charge in [-0.05, 0) is 42.3 Å². The van der Waals surface area contributed by atoms with Crippen LogP contribution in [0.2, 0.25) is 5.02 Å². The van der Waals surface area contributed by atoms with E-state index in [1.54, 1.807) is 6.07 Å². The second kappa shape index (κ2) is 4.00. The number of fused-ring (bicyclic) bond motifs is 2. The monoisotopic (exact) mass is 270 g/mol. The molecular formula is C15H11ClN2O. The average molecular weight is 271 g/mol. The van der Waals surface area contributed by atoms with Crippen molar-refractivity contribution in [1.82, 2.24) is 4.98 Å². The van der Waals surface area contributed by atoms with E-state index in [1.807, 2.05) is 18.2 Å². The quantitative estimate of drug-likeness (QED) is 0.723. The zero-order valence-electron chi connectivity index (χ0n) is 10.1. The molecule has 1 N–H and O–H groups in total. The molecule has 0 radical (unpaired) electrons. The fourth-order valence-electron chi connectivity index (χ4n) is 2.46. The van der Waals surface area contributed by atoms with Crippen LogP contribution in [0.5, 0.6) is 0 Å². The molecule has 0 unspecified atom stereocenters. The normalized spacial score (nSPS) is 13.5. The van der Waals surface area contributed by atoms with Crippen molar-refractivity contribution in [1.29, 1.82) is 0 Å². The molecule has 0 saturated carbocycles. The zero-order chi connectivity index (χ0) is 12.8. The molecule has 1 aliphatic heterocycles. The molecule has 0 amide bonds. The number of benzene rings is 2. The molecule has 2 aromatic carbocycles. The van der Waals surface area contributed by atoms with Gasteiger partial charge in [0.1, 0.15) is 5.52 Å². The average Bonchev–Trinajstić information content (AvgIpc) is 3.02. The maximum Gasteiger partial charge on any atom is 0.227 e. The first-order chi connectivity index (χ1) is 9.29. The molecule has 0 saturated heterocycles. The first kappa shape index (κ1) is 10.9. The third kappa shape index (κ3) is 1.78. The van der Waals surface area contributed by atoms with Gasteiger partial charge < -0.3 is 9.73 Å². The molecule has 4 heteroatoms. The Labute approximate surface area is 115 Å². The highest BCUT2D eigenvalue weighted by Gasteiger charge is 2.14. The molecular weight excluding hydrogens is 260 g/mol. The van der Waals surface area contributed by atoms with Crippen molar-refractivity contribution in [2.24, 2.45) is 0 Å². The van der Waals surface area contributed by atoms with Crippen LogP contribution in [0.1, 0.15) is 5.56 Å². The van der Waals surface area contributed by atoms with Crippen LogP contribution in [0.3, 0.4) is 0 Å². The minimum absolute atomic E-state index is 0.645. The zero-order valence-corrected chi connectivity index (χ0v) is 10.9. The molecule has 0 aliphatic carbocycles. The minimum Gasteiger partial charge on any atom is -0.436 e. The molecule has 3 aromatic rings. The van der Waals surface area contributed by atoms with E-state index >= 15 is 0 Å². The van der Waals surface area contributed by atoms with Crippen molar-refractivity contribution >= 4 is 28.4 Å². The topological polar surface area (TPSA) is 38.1 Å². The highest BCUT2D eigenvalue weighted by atomic mass is 35.5. The van der Waals surface area contributed by atoms with Crippen molar-refractivity contribution in [3.63, 3.8) is 0 Å². The van der Waals surface area contributed by atoms with Crippen LogP contribution in [0.25, 0.3) is 22.6 Å². The van der Waals surface area contributed by atoms with E-state index in [-0.39, 0.29) is 0 Å². The lowest BCUT2D eigenvalue weighted by Gasteiger charge is -2.00. The molecule has 19 heavy (non-hydrogen) atoms. The van der Waals surface area contributed by atoms with Crippen LogP contribution in [0, 0.1) is 0 Å². The number of oxazole rings is 1. The van der Waals surface area contributed by atoms with Crippen molar-refractivity contribution in [2.75, 3.05) is 11.9 Å².